The van der Waals surface area contributed by atoms with Crippen molar-refractivity contribution in [2.24, 2.45) is 5.73 Å². The third kappa shape index (κ3) is 11.4. The lowest BCUT2D eigenvalue weighted by Crippen LogP contribution is -2.56. The molecule has 9 nitrogen and oxygen atoms in total. The number of unbranched alkanes of at least 4 members (excludes halogenated alkanes) is 1. The molecular weight excluding hydrogens is 422 g/mol. The molecule has 0 aliphatic carbocycles. The third-order valence-corrected chi connectivity index (χ3v) is 6.00. The number of carbonyl (C=O) groups excluding carboxylic acids is 4. The highest BCUT2D eigenvalue weighted by atomic mass is 32.2. The van der Waals surface area contributed by atoms with Crippen LogP contribution in [0.3, 0.4) is 0 Å². The van der Waals surface area contributed by atoms with Crippen molar-refractivity contribution in [3.63, 3.8) is 0 Å². The van der Waals surface area contributed by atoms with Crippen molar-refractivity contribution in [2.45, 2.75) is 77.0 Å². The molecular formula is C21H39N3O6S. The Morgan fingerprint density at radius 3 is 2.16 bits per heavy atom. The van der Waals surface area contributed by atoms with Gasteiger partial charge in [0.2, 0.25) is 17.7 Å². The fourth-order valence-corrected chi connectivity index (χ4v) is 4.14. The van der Waals surface area contributed by atoms with Crippen molar-refractivity contribution in [1.82, 2.24) is 9.80 Å². The Bertz CT molecular complexity index is 608. The number of esters is 1. The second kappa shape index (κ2) is 14.3. The summed E-state index contributed by atoms with van der Waals surface area (Å²) in [7, 11) is 4.40. The van der Waals surface area contributed by atoms with E-state index in [0.717, 1.165) is 6.42 Å². The summed E-state index contributed by atoms with van der Waals surface area (Å²) in [6.45, 7) is 4.97. The number of hydrogen-bond donors (Lipinski definition) is 2. The highest BCUT2D eigenvalue weighted by Crippen LogP contribution is 2.19. The first-order valence-electron chi connectivity index (χ1n) is 10.5. The minimum Gasteiger partial charge on any atom is -0.469 e. The van der Waals surface area contributed by atoms with Gasteiger partial charge >= 0.3 is 5.97 Å². The fourth-order valence-electron chi connectivity index (χ4n) is 2.97. The van der Waals surface area contributed by atoms with Crippen molar-refractivity contribution in [2.75, 3.05) is 32.7 Å². The summed E-state index contributed by atoms with van der Waals surface area (Å²) in [4.78, 5) is 51.5. The van der Waals surface area contributed by atoms with Gasteiger partial charge in [-0.25, -0.2) is 0 Å². The Hall–Kier alpha value is -1.81. The van der Waals surface area contributed by atoms with Gasteiger partial charge in [0.1, 0.15) is 12.1 Å². The summed E-state index contributed by atoms with van der Waals surface area (Å²) in [5, 5.41) is 10.1. The van der Waals surface area contributed by atoms with Gasteiger partial charge in [-0.05, 0) is 38.9 Å². The lowest BCUT2D eigenvalue weighted by molar-refractivity contribution is -0.147. The van der Waals surface area contributed by atoms with Crippen LogP contribution in [-0.2, 0) is 23.9 Å². The van der Waals surface area contributed by atoms with E-state index in [9.17, 15) is 24.3 Å². The van der Waals surface area contributed by atoms with E-state index in [1.807, 2.05) is 6.92 Å². The van der Waals surface area contributed by atoms with Gasteiger partial charge in [0.15, 0.2) is 0 Å². The molecule has 0 unspecified atom stereocenters. The number of aliphatic hydroxyl groups is 1. The molecule has 10 heteroatoms. The average Bonchev–Trinajstić information content (AvgIpc) is 2.69. The van der Waals surface area contributed by atoms with Crippen LogP contribution in [0.1, 0.15) is 59.3 Å². The predicted octanol–water partition coefficient (Wildman–Crippen LogP) is 1.16. The molecule has 0 heterocycles. The Balaban J connectivity index is 5.24. The molecule has 0 aromatic carbocycles. The largest absolute Gasteiger partial charge is 0.469 e. The molecule has 0 aliphatic rings. The quantitative estimate of drug-likeness (QED) is 0.276. The van der Waals surface area contributed by atoms with Gasteiger partial charge in [0.25, 0.3) is 0 Å². The highest BCUT2D eigenvalue weighted by molar-refractivity contribution is 7.99. The molecule has 0 bridgehead atoms. The van der Waals surface area contributed by atoms with Gasteiger partial charge in [-0.1, -0.05) is 6.92 Å². The summed E-state index contributed by atoms with van der Waals surface area (Å²) in [6, 6.07) is -1.76. The summed E-state index contributed by atoms with van der Waals surface area (Å²) in [6.07, 6.45) is 2.75. The Kier molecular flexibility index (Phi) is 13.5. The minimum atomic E-state index is -1.19. The summed E-state index contributed by atoms with van der Waals surface area (Å²) in [5.41, 5.74) is 4.30. The average molecular weight is 462 g/mol. The van der Waals surface area contributed by atoms with Crippen molar-refractivity contribution in [1.29, 1.82) is 0 Å². The molecule has 0 aromatic heterocycles. The monoisotopic (exact) mass is 461 g/mol. The van der Waals surface area contributed by atoms with E-state index in [2.05, 4.69) is 4.74 Å². The molecule has 0 aromatic rings. The van der Waals surface area contributed by atoms with Crippen LogP contribution in [0.2, 0.25) is 0 Å². The van der Waals surface area contributed by atoms with Crippen LogP contribution < -0.4 is 5.73 Å². The molecule has 180 valence electrons. The van der Waals surface area contributed by atoms with Crippen LogP contribution in [0.15, 0.2) is 0 Å². The Morgan fingerprint density at radius 1 is 1.06 bits per heavy atom. The second-order valence-corrected chi connectivity index (χ2v) is 9.41. The van der Waals surface area contributed by atoms with Crippen LogP contribution in [-0.4, -0.2) is 89.0 Å². The maximum atomic E-state index is 13.2. The smallest absolute Gasteiger partial charge is 0.305 e. The van der Waals surface area contributed by atoms with Crippen molar-refractivity contribution in [3.05, 3.63) is 0 Å². The molecule has 31 heavy (non-hydrogen) atoms. The lowest BCUT2D eigenvalue weighted by Gasteiger charge is -2.35. The van der Waals surface area contributed by atoms with E-state index in [1.165, 1.54) is 35.7 Å². The maximum absolute atomic E-state index is 13.2. The Labute approximate surface area is 190 Å². The molecule has 3 amide bonds. The van der Waals surface area contributed by atoms with Gasteiger partial charge in [0.05, 0.1) is 12.7 Å². The maximum Gasteiger partial charge on any atom is 0.305 e. The summed E-state index contributed by atoms with van der Waals surface area (Å²) >= 11 is 1.50. The number of primary amides is 1. The molecule has 0 aliphatic heterocycles. The van der Waals surface area contributed by atoms with Crippen molar-refractivity contribution in [3.8, 4) is 0 Å². The zero-order valence-electron chi connectivity index (χ0n) is 19.7. The van der Waals surface area contributed by atoms with Gasteiger partial charge < -0.3 is 25.4 Å². The van der Waals surface area contributed by atoms with E-state index < -0.39 is 29.5 Å². The van der Waals surface area contributed by atoms with Crippen LogP contribution in [0.5, 0.6) is 0 Å². The van der Waals surface area contributed by atoms with E-state index in [-0.39, 0.29) is 18.3 Å². The number of methoxy groups -OCH3 is 1. The molecule has 3 N–H and O–H groups in total. The second-order valence-electron chi connectivity index (χ2n) is 8.26. The Morgan fingerprint density at radius 2 is 1.68 bits per heavy atom. The topological polar surface area (TPSA) is 130 Å². The van der Waals surface area contributed by atoms with Crippen LogP contribution >= 0.6 is 11.8 Å². The summed E-state index contributed by atoms with van der Waals surface area (Å²) < 4.78 is 4.61. The van der Waals surface area contributed by atoms with Crippen LogP contribution in [0.4, 0.5) is 0 Å². The van der Waals surface area contributed by atoms with Crippen molar-refractivity contribution >= 4 is 35.5 Å². The molecule has 0 rings (SSSR count). The molecule has 2 atom stereocenters. The number of rotatable bonds is 15. The number of likely N-dealkylation sites (N-methyl/N-ethyl adjacent to an activating group) is 2. The number of ether oxygens (including phenoxy) is 1. The van der Waals surface area contributed by atoms with Crippen LogP contribution in [0, 0.1) is 0 Å². The predicted molar refractivity (Wildman–Crippen MR) is 121 cm³/mol. The van der Waals surface area contributed by atoms with E-state index >= 15 is 0 Å². The van der Waals surface area contributed by atoms with E-state index in [1.54, 1.807) is 20.9 Å². The summed E-state index contributed by atoms with van der Waals surface area (Å²) in [5.74, 6) is -0.464. The fraction of sp³-hybridized carbons (Fsp3) is 0.810. The van der Waals surface area contributed by atoms with Crippen molar-refractivity contribution < 1.29 is 29.0 Å². The van der Waals surface area contributed by atoms with Crippen LogP contribution in [0.25, 0.3) is 0 Å². The van der Waals surface area contributed by atoms with E-state index in [0.29, 0.717) is 37.2 Å². The lowest BCUT2D eigenvalue weighted by atomic mass is 9.97. The number of carbonyl (C=O) groups is 4. The van der Waals surface area contributed by atoms with E-state index in [4.69, 9.17) is 5.73 Å². The first-order chi connectivity index (χ1) is 14.4. The first-order valence-corrected chi connectivity index (χ1v) is 11.7. The number of hydrogen-bond acceptors (Lipinski definition) is 7. The SMILES string of the molecule is CCCC(=O)N(C)[C@H](CSCCCCC(=O)OC)C(=O)N(C)[C@@H](CC(C)(C)O)C(N)=O. The van der Waals surface area contributed by atoms with Gasteiger partial charge in [-0.3, -0.25) is 19.2 Å². The van der Waals surface area contributed by atoms with Gasteiger partial charge in [-0.15, -0.1) is 0 Å². The number of thioether (sulfide) groups is 1. The minimum absolute atomic E-state index is 0.00934. The van der Waals surface area contributed by atoms with Gasteiger partial charge in [0, 0.05) is 39.1 Å². The van der Waals surface area contributed by atoms with Gasteiger partial charge in [-0.2, -0.15) is 11.8 Å². The molecule has 0 saturated carbocycles. The number of amides is 3. The number of nitrogens with zero attached hydrogens (tertiary/aromatic N) is 2. The zero-order chi connectivity index (χ0) is 24.2. The third-order valence-electron chi connectivity index (χ3n) is 4.87. The standard InChI is InChI=1S/C21H39N3O6S/c1-7-10-17(25)23(4)16(14-31-12-9-8-11-18(26)30-6)20(28)24(5)15(19(22)27)13-21(2,3)29/h15-16,29H,7-14H2,1-6H3,(H2,22,27)/t15-,16+/m0/s1. The molecule has 0 fully saturated rings. The first kappa shape index (κ1) is 29.2. The number of nitrogens with two attached hydrogens (primary N) is 1. The molecule has 0 saturated heterocycles. The zero-order valence-corrected chi connectivity index (χ0v) is 20.5. The molecule has 0 radical (unpaired) electrons. The highest BCUT2D eigenvalue weighted by Gasteiger charge is 2.36. The normalized spacial score (nSPS) is 13.3. The molecule has 0 spiro atoms.